The molecule has 11 nitrogen and oxygen atoms in total. The lowest BCUT2D eigenvalue weighted by atomic mass is 9.76. The fourth-order valence-electron chi connectivity index (χ4n) is 10.7. The van der Waals surface area contributed by atoms with E-state index in [2.05, 4.69) is 31.0 Å². The number of piperidine rings is 4. The van der Waals surface area contributed by atoms with Crippen LogP contribution in [0.4, 0.5) is 5.82 Å². The van der Waals surface area contributed by atoms with Gasteiger partial charge in [0.1, 0.15) is 5.82 Å². The maximum Gasteiger partial charge on any atom is 0.376 e. The third kappa shape index (κ3) is 16.3. The number of benzene rings is 3. The van der Waals surface area contributed by atoms with Gasteiger partial charge in [-0.2, -0.15) is 0 Å². The Bertz CT molecular complexity index is 2160. The Hall–Kier alpha value is -3.46. The van der Waals surface area contributed by atoms with Crippen LogP contribution >= 0.6 is 34.8 Å². The summed E-state index contributed by atoms with van der Waals surface area (Å²) in [6, 6.07) is 27.4. The van der Waals surface area contributed by atoms with E-state index in [4.69, 9.17) is 40.5 Å². The minimum atomic E-state index is -0.371. The molecule has 1 amide bonds. The van der Waals surface area contributed by atoms with Crippen LogP contribution in [0, 0.1) is 23.7 Å². The maximum atomic E-state index is 13.1. The molecule has 0 radical (unpaired) electrons. The summed E-state index contributed by atoms with van der Waals surface area (Å²) in [6.07, 6.45) is 9.58. The molecule has 0 bridgehead atoms. The molecular formula is C53H73B2Cl3N6O5. The number of anilines is 1. The number of pyridine rings is 1. The van der Waals surface area contributed by atoms with Gasteiger partial charge in [-0.3, -0.25) is 9.69 Å². The second-order valence-corrected chi connectivity index (χ2v) is 20.8. The molecule has 2 unspecified atom stereocenters. The number of aliphatic hydroxyl groups excluding tert-OH is 2. The van der Waals surface area contributed by atoms with Crippen LogP contribution in [-0.2, 0) is 11.3 Å². The van der Waals surface area contributed by atoms with E-state index in [-0.39, 0.29) is 45.1 Å². The first kappa shape index (κ1) is 54.9. The highest BCUT2D eigenvalue weighted by Crippen LogP contribution is 2.36. The Kier molecular flexibility index (Phi) is 21.8. The van der Waals surface area contributed by atoms with Gasteiger partial charge in [-0.15, -0.1) is 0 Å². The average Bonchev–Trinajstić information content (AvgIpc) is 3.36. The van der Waals surface area contributed by atoms with E-state index < -0.39 is 0 Å². The number of carbonyl (C=O) groups excluding carboxylic acids is 1. The molecule has 4 aliphatic heterocycles. The van der Waals surface area contributed by atoms with Crippen LogP contribution in [0.2, 0.25) is 28.7 Å². The van der Waals surface area contributed by atoms with Gasteiger partial charge in [0.2, 0.25) is 5.91 Å². The van der Waals surface area contributed by atoms with Crippen molar-refractivity contribution in [3.05, 3.63) is 135 Å². The number of carbonyl (C=O) groups is 1. The molecule has 0 aliphatic carbocycles. The van der Waals surface area contributed by atoms with E-state index in [0.29, 0.717) is 34.5 Å². The zero-order valence-corrected chi connectivity index (χ0v) is 42.8. The Morgan fingerprint density at radius 2 is 1.07 bits per heavy atom. The van der Waals surface area contributed by atoms with Crippen LogP contribution in [0.5, 0.6) is 0 Å². The molecule has 1 aromatic heterocycles. The second kappa shape index (κ2) is 27.4. The second-order valence-electron chi connectivity index (χ2n) is 19.5. The quantitative estimate of drug-likeness (QED) is 0.0823. The van der Waals surface area contributed by atoms with Crippen LogP contribution in [-0.4, -0.2) is 130 Å². The Morgan fingerprint density at radius 3 is 1.51 bits per heavy atom. The van der Waals surface area contributed by atoms with Crippen LogP contribution < -0.4 is 5.73 Å². The van der Waals surface area contributed by atoms with Crippen molar-refractivity contribution in [3.8, 4) is 0 Å². The summed E-state index contributed by atoms with van der Waals surface area (Å²) in [4.78, 5) is 25.8. The summed E-state index contributed by atoms with van der Waals surface area (Å²) in [5, 5.41) is 41.0. The molecule has 2 atom stereocenters. The van der Waals surface area contributed by atoms with Gasteiger partial charge in [0.25, 0.3) is 0 Å². The number of rotatable bonds is 13. The van der Waals surface area contributed by atoms with Crippen LogP contribution in [0.25, 0.3) is 5.57 Å². The van der Waals surface area contributed by atoms with Gasteiger partial charge in [-0.25, -0.2) is 4.98 Å². The van der Waals surface area contributed by atoms with Crippen LogP contribution in [0.3, 0.4) is 0 Å². The third-order valence-corrected chi connectivity index (χ3v) is 15.8. The van der Waals surface area contributed by atoms with E-state index in [1.54, 1.807) is 6.20 Å². The van der Waals surface area contributed by atoms with Crippen LogP contribution in [0.1, 0.15) is 85.5 Å². The fraction of sp³-hybridized carbons (Fsp3) is 0.509. The number of aliphatic hydroxyl groups is 2. The van der Waals surface area contributed by atoms with E-state index in [0.717, 1.165) is 131 Å². The van der Waals surface area contributed by atoms with Gasteiger partial charge in [-0.1, -0.05) is 77.8 Å². The van der Waals surface area contributed by atoms with Gasteiger partial charge in [0.05, 0.1) is 13.2 Å². The fourth-order valence-corrected chi connectivity index (χ4v) is 11.0. The molecular weight excluding hydrogens is 929 g/mol. The SMILES string of the molecule is C=C(c1ccc(Cl)cc1)C1CCN(B(C)O)CC1.CB(O)N1CCC(C(CO)c2ccc(Cl)cc2)CC1.Nc1cc(CN2CCC(C(=O)N3CCC(C(CO)c4ccc(Cl)cc4)CC3)CC2)ccn1. The molecule has 5 heterocycles. The monoisotopic (exact) mass is 1000 g/mol. The largest absolute Gasteiger partial charge is 0.437 e. The van der Waals surface area contributed by atoms with Crippen molar-refractivity contribution in [3.63, 3.8) is 0 Å². The van der Waals surface area contributed by atoms with Crippen molar-refractivity contribution in [2.75, 3.05) is 71.3 Å². The maximum absolute atomic E-state index is 13.1. The number of hydrogen-bond acceptors (Lipinski definition) is 10. The molecule has 8 rings (SSSR count). The van der Waals surface area contributed by atoms with Gasteiger partial charge >= 0.3 is 14.1 Å². The predicted octanol–water partition coefficient (Wildman–Crippen LogP) is 8.96. The Balaban J connectivity index is 0.000000182. The molecule has 4 aromatic rings. The summed E-state index contributed by atoms with van der Waals surface area (Å²) >= 11 is 17.8. The molecule has 4 saturated heterocycles. The first-order chi connectivity index (χ1) is 33.2. The lowest BCUT2D eigenvalue weighted by molar-refractivity contribution is -0.138. The molecule has 4 aliphatic rings. The van der Waals surface area contributed by atoms with E-state index in [9.17, 15) is 25.1 Å². The molecule has 3 aromatic carbocycles. The third-order valence-electron chi connectivity index (χ3n) is 15.0. The lowest BCUT2D eigenvalue weighted by Gasteiger charge is -2.39. The number of nitrogens with zero attached hydrogens (tertiary/aromatic N) is 5. The molecule has 0 spiro atoms. The summed E-state index contributed by atoms with van der Waals surface area (Å²) in [5.41, 5.74) is 11.6. The normalized spacial score (nSPS) is 19.1. The van der Waals surface area contributed by atoms with Gasteiger partial charge < -0.3 is 40.5 Å². The number of allylic oxidation sites excluding steroid dienone is 1. The molecule has 69 heavy (non-hydrogen) atoms. The number of hydrogen-bond donors (Lipinski definition) is 5. The minimum Gasteiger partial charge on any atom is -0.437 e. The Morgan fingerprint density at radius 1 is 0.652 bits per heavy atom. The Labute approximate surface area is 426 Å². The number of aromatic nitrogens is 1. The van der Waals surface area contributed by atoms with E-state index in [1.807, 2.05) is 98.6 Å². The van der Waals surface area contributed by atoms with E-state index >= 15 is 0 Å². The topological polar surface area (TPSA) is 150 Å². The summed E-state index contributed by atoms with van der Waals surface area (Å²) in [7, 11) is -0.709. The number of halogens is 3. The predicted molar refractivity (Wildman–Crippen MR) is 285 cm³/mol. The number of amides is 1. The van der Waals surface area contributed by atoms with Crippen molar-refractivity contribution >= 4 is 66.2 Å². The zero-order chi connectivity index (χ0) is 49.5. The van der Waals surface area contributed by atoms with Crippen LogP contribution in [0.15, 0.2) is 97.7 Å². The highest BCUT2D eigenvalue weighted by atomic mass is 35.5. The van der Waals surface area contributed by atoms with Crippen molar-refractivity contribution < 1.29 is 25.1 Å². The standard InChI is InChI=1S/C25H33ClN4O2.C14H21BClNO2.C14H19BClNO/c26-22-3-1-19(2-4-22)23(17-31)20-8-13-30(14-9-20)25(32)21-6-11-29(12-7-21)16-18-5-10-28-24(27)15-18;1-15(19)17-8-6-12(7-9-17)14(10-18)11-2-4-13(16)5-3-11;1-11(12-3-5-14(16)6-4-12)13-7-9-17(10-8-13)15(2)18/h1-5,10,15,20-21,23,31H,6-9,11-14,16-17H2,(H2,27,28);2-5,12,14,18-19H,6-10H2,1H3;3-6,13,18H,1,7-10H2,2H3. The summed E-state index contributed by atoms with van der Waals surface area (Å²) < 4.78 is 0. The smallest absolute Gasteiger partial charge is 0.376 e. The molecule has 0 saturated carbocycles. The lowest BCUT2D eigenvalue weighted by Crippen LogP contribution is -2.46. The van der Waals surface area contributed by atoms with Crippen molar-refractivity contribution in [1.29, 1.82) is 0 Å². The summed E-state index contributed by atoms with van der Waals surface area (Å²) in [5.74, 6) is 2.64. The summed E-state index contributed by atoms with van der Waals surface area (Å²) in [6.45, 7) is 16.1. The molecule has 16 heteroatoms. The highest BCUT2D eigenvalue weighted by Gasteiger charge is 2.34. The minimum absolute atomic E-state index is 0.106. The number of nitrogens with two attached hydrogens (primary N) is 1. The van der Waals surface area contributed by atoms with E-state index in [1.165, 1.54) is 16.7 Å². The molecule has 6 N–H and O–H groups in total. The van der Waals surface area contributed by atoms with Gasteiger partial charge in [0, 0.05) is 58.7 Å². The zero-order valence-electron chi connectivity index (χ0n) is 40.6. The number of nitrogen functional groups attached to an aromatic ring is 1. The highest BCUT2D eigenvalue weighted by molar-refractivity contribution is 6.45. The average molecular weight is 1000 g/mol. The van der Waals surface area contributed by atoms with Crippen molar-refractivity contribution in [2.45, 2.75) is 83.4 Å². The number of likely N-dealkylation sites (tertiary alicyclic amines) is 2. The van der Waals surface area contributed by atoms with Gasteiger partial charge in [-0.05, 0) is 198 Å². The first-order valence-corrected chi connectivity index (χ1v) is 26.1. The molecule has 372 valence electrons. The van der Waals surface area contributed by atoms with Gasteiger partial charge in [0.15, 0.2) is 0 Å². The first-order valence-electron chi connectivity index (χ1n) is 25.0. The molecule has 4 fully saturated rings. The van der Waals surface area contributed by atoms with Crippen molar-refractivity contribution in [1.82, 2.24) is 24.4 Å². The van der Waals surface area contributed by atoms with Crippen molar-refractivity contribution in [2.24, 2.45) is 23.7 Å².